The molecule has 5 rings (SSSR count). The summed E-state index contributed by atoms with van der Waals surface area (Å²) in [5.41, 5.74) is 2.68. The quantitative estimate of drug-likeness (QED) is 0.0571. The fraction of sp³-hybridized carbons (Fsp3) is 0.0303. The van der Waals surface area contributed by atoms with Gasteiger partial charge in [0.1, 0.15) is 5.70 Å². The summed E-state index contributed by atoms with van der Waals surface area (Å²) >= 11 is 8.51. The average Bonchev–Trinajstić information content (AvgIpc) is 3.54. The Morgan fingerprint density at radius 3 is 2.37 bits per heavy atom. The van der Waals surface area contributed by atoms with Crippen LogP contribution in [0, 0.1) is 10.1 Å². The van der Waals surface area contributed by atoms with E-state index in [0.29, 0.717) is 38.2 Å². The van der Waals surface area contributed by atoms with Crippen molar-refractivity contribution in [1.29, 1.82) is 0 Å². The van der Waals surface area contributed by atoms with Crippen LogP contribution in [0.25, 0.3) is 17.3 Å². The van der Waals surface area contributed by atoms with Gasteiger partial charge in [-0.1, -0.05) is 54.1 Å². The number of amides is 3. The van der Waals surface area contributed by atoms with E-state index in [1.807, 2.05) is 0 Å². The molecule has 0 aliphatic heterocycles. The van der Waals surface area contributed by atoms with Gasteiger partial charge in [-0.2, -0.15) is 0 Å². The van der Waals surface area contributed by atoms with Crippen molar-refractivity contribution < 1.29 is 19.3 Å². The number of aromatic nitrogens is 1. The van der Waals surface area contributed by atoms with Crippen LogP contribution in [0.2, 0.25) is 5.02 Å². The zero-order chi connectivity index (χ0) is 32.5. The van der Waals surface area contributed by atoms with Crippen LogP contribution in [0.3, 0.4) is 0 Å². The van der Waals surface area contributed by atoms with E-state index < -0.39 is 16.7 Å². The molecule has 5 aromatic rings. The average molecular weight is 670 g/mol. The van der Waals surface area contributed by atoms with Crippen LogP contribution < -0.4 is 16.0 Å². The first-order chi connectivity index (χ1) is 22.2. The van der Waals surface area contributed by atoms with Crippen LogP contribution in [0.4, 0.5) is 16.5 Å². The lowest BCUT2D eigenvalue weighted by Gasteiger charge is -2.12. The molecule has 0 saturated carbocycles. The number of nitrogens with zero attached hydrogens (tertiary/aromatic N) is 2. The topological polar surface area (TPSA) is 143 Å². The van der Waals surface area contributed by atoms with E-state index in [9.17, 15) is 24.5 Å². The summed E-state index contributed by atoms with van der Waals surface area (Å²) in [5, 5.41) is 21.9. The molecule has 0 unspecified atom stereocenters. The van der Waals surface area contributed by atoms with Crippen LogP contribution >= 0.6 is 34.7 Å². The minimum Gasteiger partial charge on any atom is -0.321 e. The first-order valence-corrected chi connectivity index (χ1v) is 15.9. The number of hydrogen-bond acceptors (Lipinski definition) is 8. The summed E-state index contributed by atoms with van der Waals surface area (Å²) in [4.78, 5) is 54.4. The van der Waals surface area contributed by atoms with Gasteiger partial charge in [0.25, 0.3) is 17.5 Å². The summed E-state index contributed by atoms with van der Waals surface area (Å²) < 4.78 is 0. The van der Waals surface area contributed by atoms with Crippen molar-refractivity contribution in [3.63, 3.8) is 0 Å². The van der Waals surface area contributed by atoms with Gasteiger partial charge in [-0.05, 0) is 60.2 Å². The minimum absolute atomic E-state index is 0.0391. The number of nitrogens with one attached hydrogen (secondary N) is 3. The molecule has 230 valence electrons. The summed E-state index contributed by atoms with van der Waals surface area (Å²) in [6, 6.07) is 28.5. The first-order valence-electron chi connectivity index (χ1n) is 13.6. The zero-order valence-corrected chi connectivity index (χ0v) is 26.2. The molecule has 1 aromatic heterocycles. The maximum absolute atomic E-state index is 13.2. The van der Waals surface area contributed by atoms with Crippen LogP contribution in [-0.2, 0) is 9.59 Å². The highest BCUT2D eigenvalue weighted by Gasteiger charge is 2.16. The normalized spacial score (nSPS) is 11.0. The summed E-state index contributed by atoms with van der Waals surface area (Å²) in [6.45, 7) is 0. The van der Waals surface area contributed by atoms with Gasteiger partial charge in [-0.25, -0.2) is 4.98 Å². The summed E-state index contributed by atoms with van der Waals surface area (Å²) in [6.07, 6.45) is 1.56. The second kappa shape index (κ2) is 15.1. The SMILES string of the molecule is O=C(CSc1ccc(NC(=O)/C(=C/c2ccc(Cl)cc2)NC(=O)c2ccccc2)cc1)Nc1nc(-c2cccc([N+](=O)[O-])c2)cs1. The number of thioether (sulfide) groups is 1. The third-order valence-electron chi connectivity index (χ3n) is 6.30. The van der Waals surface area contributed by atoms with Crippen LogP contribution in [0.1, 0.15) is 15.9 Å². The molecule has 0 radical (unpaired) electrons. The summed E-state index contributed by atoms with van der Waals surface area (Å²) in [5.74, 6) is -1.11. The molecule has 0 aliphatic carbocycles. The Labute approximate surface area is 276 Å². The van der Waals surface area contributed by atoms with Crippen molar-refractivity contribution in [3.8, 4) is 11.3 Å². The molecule has 0 aliphatic rings. The maximum Gasteiger partial charge on any atom is 0.272 e. The Balaban J connectivity index is 1.18. The molecule has 10 nitrogen and oxygen atoms in total. The number of halogens is 1. The van der Waals surface area contributed by atoms with E-state index in [4.69, 9.17) is 11.6 Å². The molecule has 1 heterocycles. The Kier molecular flexibility index (Phi) is 10.6. The molecular weight excluding hydrogens is 646 g/mol. The number of benzene rings is 4. The maximum atomic E-state index is 13.2. The minimum atomic E-state index is -0.521. The van der Waals surface area contributed by atoms with Gasteiger partial charge >= 0.3 is 0 Å². The van der Waals surface area contributed by atoms with Gasteiger partial charge in [0, 0.05) is 44.2 Å². The molecule has 0 saturated heterocycles. The number of hydrogen-bond donors (Lipinski definition) is 3. The van der Waals surface area contributed by atoms with Gasteiger partial charge in [0.15, 0.2) is 5.13 Å². The smallest absolute Gasteiger partial charge is 0.272 e. The van der Waals surface area contributed by atoms with Crippen molar-refractivity contribution in [2.45, 2.75) is 4.90 Å². The molecule has 3 amide bonds. The highest BCUT2D eigenvalue weighted by molar-refractivity contribution is 8.00. The highest BCUT2D eigenvalue weighted by atomic mass is 35.5. The Morgan fingerprint density at radius 1 is 0.913 bits per heavy atom. The van der Waals surface area contributed by atoms with Crippen LogP contribution in [-0.4, -0.2) is 33.4 Å². The third-order valence-corrected chi connectivity index (χ3v) is 8.32. The zero-order valence-electron chi connectivity index (χ0n) is 23.8. The van der Waals surface area contributed by atoms with E-state index in [1.165, 1.54) is 35.2 Å². The van der Waals surface area contributed by atoms with Crippen molar-refractivity contribution >= 4 is 75.0 Å². The molecule has 13 heteroatoms. The number of nitro groups is 1. The predicted octanol–water partition coefficient (Wildman–Crippen LogP) is 7.51. The van der Waals surface area contributed by atoms with E-state index in [0.717, 1.165) is 4.90 Å². The third kappa shape index (κ3) is 8.88. The lowest BCUT2D eigenvalue weighted by Crippen LogP contribution is -2.30. The van der Waals surface area contributed by atoms with Crippen molar-refractivity contribution in [2.75, 3.05) is 16.4 Å². The van der Waals surface area contributed by atoms with Crippen molar-refractivity contribution in [1.82, 2.24) is 10.3 Å². The number of anilines is 2. The second-order valence-corrected chi connectivity index (χ2v) is 11.9. The predicted molar refractivity (Wildman–Crippen MR) is 182 cm³/mol. The van der Waals surface area contributed by atoms with Gasteiger partial charge in [0.05, 0.1) is 16.4 Å². The highest BCUT2D eigenvalue weighted by Crippen LogP contribution is 2.28. The van der Waals surface area contributed by atoms with E-state index in [1.54, 1.807) is 102 Å². The summed E-state index contributed by atoms with van der Waals surface area (Å²) in [7, 11) is 0. The van der Waals surface area contributed by atoms with E-state index in [-0.39, 0.29) is 23.0 Å². The van der Waals surface area contributed by atoms with Gasteiger partial charge in [-0.15, -0.1) is 23.1 Å². The molecule has 3 N–H and O–H groups in total. The lowest BCUT2D eigenvalue weighted by molar-refractivity contribution is -0.384. The lowest BCUT2D eigenvalue weighted by atomic mass is 10.1. The molecule has 46 heavy (non-hydrogen) atoms. The number of carbonyl (C=O) groups excluding carboxylic acids is 3. The molecule has 0 fully saturated rings. The van der Waals surface area contributed by atoms with Gasteiger partial charge < -0.3 is 16.0 Å². The van der Waals surface area contributed by atoms with E-state index >= 15 is 0 Å². The van der Waals surface area contributed by atoms with Gasteiger partial charge in [-0.3, -0.25) is 24.5 Å². The Hall–Kier alpha value is -5.30. The van der Waals surface area contributed by atoms with Crippen molar-refractivity contribution in [3.05, 3.63) is 140 Å². The Bertz CT molecular complexity index is 1910. The Morgan fingerprint density at radius 2 is 1.65 bits per heavy atom. The fourth-order valence-corrected chi connectivity index (χ4v) is 5.61. The number of nitro benzene ring substituents is 1. The molecule has 0 spiro atoms. The van der Waals surface area contributed by atoms with Crippen LogP contribution in [0.5, 0.6) is 0 Å². The van der Waals surface area contributed by atoms with Crippen LogP contribution in [0.15, 0.2) is 119 Å². The number of carbonyl (C=O) groups is 3. The molecule has 0 bridgehead atoms. The monoisotopic (exact) mass is 669 g/mol. The molecular formula is C33H24ClN5O5S2. The standard InChI is InChI=1S/C33H24ClN5O5S2/c34-24-11-9-21(10-12-24)17-28(36-31(41)22-5-2-1-3-6-22)32(42)35-25-13-15-27(16-14-25)45-20-30(40)38-33-37-29(19-46-33)23-7-4-8-26(18-23)39(43)44/h1-19H,20H2,(H,35,42)(H,36,41)(H,37,38,40)/b28-17-. The first kappa shape index (κ1) is 32.1. The fourth-order valence-electron chi connectivity index (χ4n) is 4.05. The molecule has 0 atom stereocenters. The molecule has 4 aromatic carbocycles. The number of thiazole rings is 1. The van der Waals surface area contributed by atoms with Crippen molar-refractivity contribution in [2.24, 2.45) is 0 Å². The van der Waals surface area contributed by atoms with Gasteiger partial charge in [0.2, 0.25) is 5.91 Å². The second-order valence-electron chi connectivity index (χ2n) is 9.59. The number of rotatable bonds is 11. The number of non-ortho nitro benzene ring substituents is 1. The largest absolute Gasteiger partial charge is 0.321 e. The van der Waals surface area contributed by atoms with E-state index in [2.05, 4.69) is 20.9 Å².